The van der Waals surface area contributed by atoms with E-state index in [0.717, 1.165) is 50.7 Å². The van der Waals surface area contributed by atoms with Crippen LogP contribution in [0.3, 0.4) is 0 Å². The van der Waals surface area contributed by atoms with Gasteiger partial charge < -0.3 is 20.0 Å². The molecular weight excluding hydrogens is 300 g/mol. The second-order valence-electron chi connectivity index (χ2n) is 6.77. The van der Waals surface area contributed by atoms with E-state index in [-0.39, 0.29) is 0 Å². The summed E-state index contributed by atoms with van der Waals surface area (Å²) in [6.45, 7) is 10.5. The molecule has 1 N–H and O–H groups in total. The van der Waals surface area contributed by atoms with E-state index in [1.54, 1.807) is 7.11 Å². The molecule has 0 unspecified atom stereocenters. The molecule has 5 heteroatoms. The van der Waals surface area contributed by atoms with Crippen LogP contribution in [0.1, 0.15) is 24.8 Å². The minimum atomic E-state index is 0.903. The molecule has 0 bridgehead atoms. The van der Waals surface area contributed by atoms with Crippen molar-refractivity contribution in [3.63, 3.8) is 0 Å². The maximum absolute atomic E-state index is 5.68. The summed E-state index contributed by atoms with van der Waals surface area (Å²) in [6.07, 6.45) is 5.79. The van der Waals surface area contributed by atoms with Crippen LogP contribution in [0.4, 0.5) is 11.4 Å². The Morgan fingerprint density at radius 1 is 1.04 bits per heavy atom. The number of hydrogen-bond donors (Lipinski definition) is 1. The van der Waals surface area contributed by atoms with Crippen molar-refractivity contribution in [1.29, 1.82) is 0 Å². The third kappa shape index (κ3) is 3.84. The quantitative estimate of drug-likeness (QED) is 0.897. The summed E-state index contributed by atoms with van der Waals surface area (Å²) in [5, 5.41) is 2.30. The monoisotopic (exact) mass is 330 g/mol. The molecule has 2 aliphatic rings. The highest BCUT2D eigenvalue weighted by Crippen LogP contribution is 2.35. The molecule has 0 amide bonds. The number of nitrogens with one attached hydrogen (secondary N) is 1. The van der Waals surface area contributed by atoms with E-state index in [4.69, 9.17) is 4.74 Å². The Hall–Kier alpha value is -1.72. The molecular formula is C19H30N4O. The van der Waals surface area contributed by atoms with Crippen LogP contribution in [-0.4, -0.2) is 63.3 Å². The van der Waals surface area contributed by atoms with Crippen LogP contribution >= 0.6 is 0 Å². The van der Waals surface area contributed by atoms with Crippen LogP contribution in [0.2, 0.25) is 0 Å². The first-order valence-electron chi connectivity index (χ1n) is 9.01. The van der Waals surface area contributed by atoms with Crippen LogP contribution in [0.25, 0.3) is 6.08 Å². The number of ether oxygens (including phenoxy) is 1. The Bertz CT molecular complexity index is 561. The van der Waals surface area contributed by atoms with Crippen LogP contribution in [0.15, 0.2) is 18.7 Å². The molecule has 3 rings (SSSR count). The van der Waals surface area contributed by atoms with Crippen LogP contribution in [0.5, 0.6) is 5.75 Å². The Balaban J connectivity index is 1.83. The first-order valence-corrected chi connectivity index (χ1v) is 9.01. The van der Waals surface area contributed by atoms with E-state index in [0.29, 0.717) is 0 Å². The van der Waals surface area contributed by atoms with Gasteiger partial charge in [-0.1, -0.05) is 19.1 Å². The summed E-state index contributed by atoms with van der Waals surface area (Å²) in [7, 11) is 3.93. The maximum atomic E-state index is 5.68. The molecule has 5 nitrogen and oxygen atoms in total. The van der Waals surface area contributed by atoms with Crippen LogP contribution < -0.4 is 15.1 Å². The van der Waals surface area contributed by atoms with E-state index in [1.807, 2.05) is 6.08 Å². The highest BCUT2D eigenvalue weighted by Gasteiger charge is 2.20. The Morgan fingerprint density at radius 2 is 1.75 bits per heavy atom. The number of likely N-dealkylation sites (N-methyl/N-ethyl adjacent to an activating group) is 1. The van der Waals surface area contributed by atoms with Crippen molar-refractivity contribution >= 4 is 17.5 Å². The van der Waals surface area contributed by atoms with Crippen LogP contribution in [0, 0.1) is 0 Å². The van der Waals surface area contributed by atoms with Gasteiger partial charge >= 0.3 is 0 Å². The Labute approximate surface area is 145 Å². The fourth-order valence-electron chi connectivity index (χ4n) is 3.50. The minimum Gasteiger partial charge on any atom is -0.494 e. The van der Waals surface area contributed by atoms with Gasteiger partial charge in [0.1, 0.15) is 5.75 Å². The minimum absolute atomic E-state index is 0.903. The smallest absolute Gasteiger partial charge is 0.145 e. The normalized spacial score (nSPS) is 20.0. The molecule has 24 heavy (non-hydrogen) atoms. The predicted molar refractivity (Wildman–Crippen MR) is 102 cm³/mol. The molecule has 1 aromatic rings. The summed E-state index contributed by atoms with van der Waals surface area (Å²) in [4.78, 5) is 4.80. The Kier molecular flexibility index (Phi) is 5.63. The number of hydrogen-bond acceptors (Lipinski definition) is 5. The molecule has 2 saturated heterocycles. The highest BCUT2D eigenvalue weighted by molar-refractivity contribution is 5.76. The zero-order valence-electron chi connectivity index (χ0n) is 15.1. The number of piperazine rings is 1. The summed E-state index contributed by atoms with van der Waals surface area (Å²) in [6, 6.07) is 4.34. The average molecular weight is 330 g/mol. The van der Waals surface area contributed by atoms with E-state index in [2.05, 4.69) is 46.0 Å². The molecule has 0 radical (unpaired) electrons. The molecule has 0 saturated carbocycles. The molecule has 0 atom stereocenters. The van der Waals surface area contributed by atoms with Gasteiger partial charge in [0, 0.05) is 51.0 Å². The summed E-state index contributed by atoms with van der Waals surface area (Å²) in [5.41, 5.74) is 6.97. The standard InChI is InChI=1S/C19H30N4O/c1-4-16-14-17(20-23-8-6-5-7-9-23)19(24-3)15-18(16)22-12-10-21(2)11-13-22/h4,14-15,20H,1,5-13H2,2-3H3. The number of methoxy groups -OCH3 is 1. The zero-order chi connectivity index (χ0) is 16.9. The lowest BCUT2D eigenvalue weighted by atomic mass is 10.1. The average Bonchev–Trinajstić information content (AvgIpc) is 2.63. The van der Waals surface area contributed by atoms with Crippen molar-refractivity contribution in [3.05, 3.63) is 24.3 Å². The molecule has 0 aliphatic carbocycles. The molecule has 1 aromatic carbocycles. The third-order valence-electron chi connectivity index (χ3n) is 5.05. The lowest BCUT2D eigenvalue weighted by Crippen LogP contribution is -2.44. The molecule has 0 aromatic heterocycles. The number of rotatable bonds is 5. The van der Waals surface area contributed by atoms with Gasteiger partial charge in [0.05, 0.1) is 12.8 Å². The van der Waals surface area contributed by atoms with Crippen molar-refractivity contribution in [3.8, 4) is 5.75 Å². The summed E-state index contributed by atoms with van der Waals surface area (Å²) in [5.74, 6) is 0.903. The fraction of sp³-hybridized carbons (Fsp3) is 0.579. The molecule has 132 valence electrons. The fourth-order valence-corrected chi connectivity index (χ4v) is 3.50. The molecule has 2 fully saturated rings. The summed E-state index contributed by atoms with van der Waals surface area (Å²) < 4.78 is 5.68. The lowest BCUT2D eigenvalue weighted by Gasteiger charge is -2.35. The molecule has 0 spiro atoms. The number of anilines is 2. The van der Waals surface area contributed by atoms with Gasteiger partial charge in [-0.25, -0.2) is 5.01 Å². The molecule has 2 heterocycles. The van der Waals surface area contributed by atoms with E-state index < -0.39 is 0 Å². The van der Waals surface area contributed by atoms with Crippen molar-refractivity contribution in [1.82, 2.24) is 9.91 Å². The predicted octanol–water partition coefficient (Wildman–Crippen LogP) is 2.90. The SMILES string of the molecule is C=Cc1cc(NN2CCCCC2)c(OC)cc1N1CCN(C)CC1. The Morgan fingerprint density at radius 3 is 2.38 bits per heavy atom. The van der Waals surface area contributed by atoms with Gasteiger partial charge in [0.25, 0.3) is 0 Å². The van der Waals surface area contributed by atoms with Crippen LogP contribution in [-0.2, 0) is 0 Å². The van der Waals surface area contributed by atoms with Gasteiger partial charge in [0.15, 0.2) is 0 Å². The first-order chi connectivity index (χ1) is 11.7. The van der Waals surface area contributed by atoms with Gasteiger partial charge in [0.2, 0.25) is 0 Å². The van der Waals surface area contributed by atoms with Crippen molar-refractivity contribution in [2.24, 2.45) is 0 Å². The van der Waals surface area contributed by atoms with E-state index >= 15 is 0 Å². The second-order valence-corrected chi connectivity index (χ2v) is 6.77. The van der Waals surface area contributed by atoms with E-state index in [1.165, 1.54) is 30.5 Å². The first kappa shape index (κ1) is 17.1. The van der Waals surface area contributed by atoms with Crippen molar-refractivity contribution in [2.75, 3.05) is 63.8 Å². The lowest BCUT2D eigenvalue weighted by molar-refractivity contribution is 0.271. The van der Waals surface area contributed by atoms with E-state index in [9.17, 15) is 0 Å². The number of hydrazine groups is 1. The topological polar surface area (TPSA) is 31.0 Å². The second kappa shape index (κ2) is 7.90. The van der Waals surface area contributed by atoms with Gasteiger partial charge in [-0.05, 0) is 31.5 Å². The van der Waals surface area contributed by atoms with Crippen molar-refractivity contribution in [2.45, 2.75) is 19.3 Å². The number of nitrogens with zero attached hydrogens (tertiary/aromatic N) is 3. The highest BCUT2D eigenvalue weighted by atomic mass is 16.5. The summed E-state index contributed by atoms with van der Waals surface area (Å²) >= 11 is 0. The number of piperidine rings is 1. The van der Waals surface area contributed by atoms with Gasteiger partial charge in [-0.15, -0.1) is 0 Å². The zero-order valence-corrected chi connectivity index (χ0v) is 15.1. The third-order valence-corrected chi connectivity index (χ3v) is 5.05. The maximum Gasteiger partial charge on any atom is 0.145 e. The van der Waals surface area contributed by atoms with Gasteiger partial charge in [-0.3, -0.25) is 0 Å². The largest absolute Gasteiger partial charge is 0.494 e. The van der Waals surface area contributed by atoms with Gasteiger partial charge in [-0.2, -0.15) is 0 Å². The molecule has 2 aliphatic heterocycles. The van der Waals surface area contributed by atoms with Crippen molar-refractivity contribution < 1.29 is 4.74 Å². The number of benzene rings is 1.